The molecule has 2 aromatic carbocycles. The number of aromatic hydroxyl groups is 1. The summed E-state index contributed by atoms with van der Waals surface area (Å²) in [5.74, 6) is -0.241. The topological polar surface area (TPSA) is 96.2 Å². The number of phenols is 1. The van der Waals surface area contributed by atoms with E-state index in [1.807, 2.05) is 39.9 Å². The van der Waals surface area contributed by atoms with Crippen LogP contribution in [0.25, 0.3) is 10.9 Å². The van der Waals surface area contributed by atoms with Crippen molar-refractivity contribution in [1.82, 2.24) is 14.9 Å². The number of carbonyl (C=O) groups is 2. The van der Waals surface area contributed by atoms with Crippen molar-refractivity contribution in [1.29, 1.82) is 0 Å². The zero-order valence-electron chi connectivity index (χ0n) is 16.3. The Hall–Kier alpha value is -3.65. The van der Waals surface area contributed by atoms with Gasteiger partial charge >= 0.3 is 0 Å². The molecule has 2 N–H and O–H groups in total. The van der Waals surface area contributed by atoms with Crippen LogP contribution < -0.4 is 5.43 Å². The molecule has 0 saturated carbocycles. The maximum absolute atomic E-state index is 12.6. The second kappa shape index (κ2) is 8.79. The Labute approximate surface area is 173 Å². The number of morpholine rings is 1. The minimum absolute atomic E-state index is 0.0446. The zero-order valence-corrected chi connectivity index (χ0v) is 16.3. The molecule has 0 radical (unpaired) electrons. The first-order chi connectivity index (χ1) is 14.6. The van der Waals surface area contributed by atoms with Gasteiger partial charge in [-0.2, -0.15) is 5.10 Å². The fourth-order valence-electron chi connectivity index (χ4n) is 3.41. The normalized spacial score (nSPS) is 14.3. The molecule has 4 rings (SSSR count). The van der Waals surface area contributed by atoms with Crippen LogP contribution in [0.1, 0.15) is 15.9 Å². The maximum Gasteiger partial charge on any atom is 0.271 e. The Kier molecular flexibility index (Phi) is 5.76. The fourth-order valence-corrected chi connectivity index (χ4v) is 3.41. The molecule has 154 valence electrons. The third-order valence-corrected chi connectivity index (χ3v) is 4.99. The molecule has 1 aromatic heterocycles. The lowest BCUT2D eigenvalue weighted by atomic mass is 10.2. The summed E-state index contributed by atoms with van der Waals surface area (Å²) >= 11 is 0. The molecule has 1 aliphatic rings. The molecule has 3 aromatic rings. The highest BCUT2D eigenvalue weighted by atomic mass is 16.5. The number of nitrogens with zero attached hydrogens (tertiary/aromatic N) is 3. The van der Waals surface area contributed by atoms with Crippen molar-refractivity contribution in [2.45, 2.75) is 6.54 Å². The number of benzene rings is 2. The molecule has 1 saturated heterocycles. The fraction of sp³-hybridized carbons (Fsp3) is 0.227. The predicted octanol–water partition coefficient (Wildman–Crippen LogP) is 1.97. The van der Waals surface area contributed by atoms with Crippen LogP contribution in [0.3, 0.4) is 0 Å². The number of hydrazone groups is 1. The molecule has 0 aliphatic carbocycles. The van der Waals surface area contributed by atoms with Gasteiger partial charge in [0, 0.05) is 41.3 Å². The molecule has 0 atom stereocenters. The number of fused-ring (bicyclic) bond motifs is 1. The second-order valence-electron chi connectivity index (χ2n) is 6.97. The molecule has 0 unspecified atom stereocenters. The van der Waals surface area contributed by atoms with Gasteiger partial charge in [0.1, 0.15) is 12.3 Å². The number of hydrogen-bond donors (Lipinski definition) is 2. The number of amides is 2. The zero-order chi connectivity index (χ0) is 20.9. The van der Waals surface area contributed by atoms with E-state index < -0.39 is 0 Å². The Morgan fingerprint density at radius 3 is 2.60 bits per heavy atom. The SMILES string of the molecule is O=C(N/N=C/c1cn(CC(=O)N2CCOCC2)c2ccccc12)c1ccc(O)cc1. The third-order valence-electron chi connectivity index (χ3n) is 4.99. The van der Waals surface area contributed by atoms with Crippen molar-refractivity contribution in [3.63, 3.8) is 0 Å². The van der Waals surface area contributed by atoms with Crippen molar-refractivity contribution >= 4 is 28.9 Å². The second-order valence-corrected chi connectivity index (χ2v) is 6.97. The minimum Gasteiger partial charge on any atom is -0.508 e. The molecule has 0 bridgehead atoms. The number of nitrogens with one attached hydrogen (secondary N) is 1. The summed E-state index contributed by atoms with van der Waals surface area (Å²) in [5.41, 5.74) is 4.60. The molecule has 2 heterocycles. The van der Waals surface area contributed by atoms with Crippen LogP contribution in [0, 0.1) is 0 Å². The van der Waals surface area contributed by atoms with E-state index in [0.717, 1.165) is 16.5 Å². The van der Waals surface area contributed by atoms with Gasteiger partial charge in [-0.15, -0.1) is 0 Å². The molecule has 8 heteroatoms. The van der Waals surface area contributed by atoms with Gasteiger partial charge in [0.2, 0.25) is 5.91 Å². The van der Waals surface area contributed by atoms with E-state index in [9.17, 15) is 14.7 Å². The van der Waals surface area contributed by atoms with Gasteiger partial charge in [-0.05, 0) is 30.3 Å². The third kappa shape index (κ3) is 4.33. The van der Waals surface area contributed by atoms with Crippen molar-refractivity contribution < 1.29 is 19.4 Å². The maximum atomic E-state index is 12.6. The Bertz CT molecular complexity index is 1080. The first-order valence-electron chi connectivity index (χ1n) is 9.67. The highest BCUT2D eigenvalue weighted by Gasteiger charge is 2.18. The van der Waals surface area contributed by atoms with Crippen molar-refractivity contribution in [3.05, 3.63) is 65.9 Å². The van der Waals surface area contributed by atoms with Crippen LogP contribution in [0.5, 0.6) is 5.75 Å². The van der Waals surface area contributed by atoms with E-state index in [2.05, 4.69) is 10.5 Å². The molecule has 2 amide bonds. The molecule has 1 fully saturated rings. The van der Waals surface area contributed by atoms with Crippen molar-refractivity contribution in [3.8, 4) is 5.75 Å². The summed E-state index contributed by atoms with van der Waals surface area (Å²) in [6.07, 6.45) is 3.43. The molecular formula is C22H22N4O4. The first kappa shape index (κ1) is 19.7. The van der Waals surface area contributed by atoms with Crippen LogP contribution in [0.4, 0.5) is 0 Å². The number of ether oxygens (including phenoxy) is 1. The van der Waals surface area contributed by atoms with Crippen molar-refractivity contribution in [2.75, 3.05) is 26.3 Å². The average Bonchev–Trinajstić information content (AvgIpc) is 3.12. The lowest BCUT2D eigenvalue weighted by Gasteiger charge is -2.27. The Morgan fingerprint density at radius 1 is 1.10 bits per heavy atom. The van der Waals surface area contributed by atoms with Crippen molar-refractivity contribution in [2.24, 2.45) is 5.10 Å². The van der Waals surface area contributed by atoms with Crippen LogP contribution in [0.2, 0.25) is 0 Å². The largest absolute Gasteiger partial charge is 0.508 e. The average molecular weight is 406 g/mol. The van der Waals surface area contributed by atoms with Gasteiger partial charge in [-0.25, -0.2) is 5.43 Å². The van der Waals surface area contributed by atoms with Gasteiger partial charge < -0.3 is 19.3 Å². The summed E-state index contributed by atoms with van der Waals surface area (Å²) < 4.78 is 7.21. The van der Waals surface area contributed by atoms with Crippen LogP contribution in [-0.2, 0) is 16.1 Å². The first-order valence-corrected chi connectivity index (χ1v) is 9.67. The van der Waals surface area contributed by atoms with E-state index in [4.69, 9.17) is 4.74 Å². The predicted molar refractivity (Wildman–Crippen MR) is 113 cm³/mol. The van der Waals surface area contributed by atoms with Gasteiger partial charge in [-0.1, -0.05) is 18.2 Å². The van der Waals surface area contributed by atoms with Gasteiger partial charge in [0.25, 0.3) is 5.91 Å². The van der Waals surface area contributed by atoms with Crippen LogP contribution in [-0.4, -0.2) is 58.9 Å². The minimum atomic E-state index is -0.377. The summed E-state index contributed by atoms with van der Waals surface area (Å²) in [6, 6.07) is 13.7. The Balaban J connectivity index is 1.50. The van der Waals surface area contributed by atoms with Gasteiger partial charge in [0.15, 0.2) is 0 Å². The number of phenolic OH excluding ortho intramolecular Hbond substituents is 1. The Morgan fingerprint density at radius 2 is 1.83 bits per heavy atom. The number of aromatic nitrogens is 1. The number of hydrogen-bond acceptors (Lipinski definition) is 5. The summed E-state index contributed by atoms with van der Waals surface area (Å²) in [6.45, 7) is 2.58. The van der Waals surface area contributed by atoms with Gasteiger partial charge in [-0.3, -0.25) is 9.59 Å². The smallest absolute Gasteiger partial charge is 0.271 e. The number of para-hydroxylation sites is 1. The van der Waals surface area contributed by atoms with E-state index in [-0.39, 0.29) is 24.1 Å². The highest BCUT2D eigenvalue weighted by molar-refractivity contribution is 6.01. The monoisotopic (exact) mass is 406 g/mol. The molecular weight excluding hydrogens is 384 g/mol. The standard InChI is InChI=1S/C22H22N4O4/c27-18-7-5-16(6-8-18)22(29)24-23-13-17-14-26(20-4-2-1-3-19(17)20)15-21(28)25-9-11-30-12-10-25/h1-8,13-14,27H,9-12,15H2,(H,24,29)/b23-13+. The van der Waals surface area contributed by atoms with E-state index in [1.165, 1.54) is 24.3 Å². The summed E-state index contributed by atoms with van der Waals surface area (Å²) in [7, 11) is 0. The van der Waals surface area contributed by atoms with E-state index >= 15 is 0 Å². The van der Waals surface area contributed by atoms with E-state index in [0.29, 0.717) is 31.9 Å². The molecule has 1 aliphatic heterocycles. The molecule has 30 heavy (non-hydrogen) atoms. The lowest BCUT2D eigenvalue weighted by Crippen LogP contribution is -2.42. The number of rotatable bonds is 5. The number of carbonyl (C=O) groups excluding carboxylic acids is 2. The lowest BCUT2D eigenvalue weighted by molar-refractivity contribution is -0.135. The van der Waals surface area contributed by atoms with E-state index in [1.54, 1.807) is 6.21 Å². The highest BCUT2D eigenvalue weighted by Crippen LogP contribution is 2.20. The molecule has 8 nitrogen and oxygen atoms in total. The van der Waals surface area contributed by atoms with Crippen LogP contribution in [0.15, 0.2) is 59.8 Å². The van der Waals surface area contributed by atoms with Gasteiger partial charge in [0.05, 0.1) is 19.4 Å². The van der Waals surface area contributed by atoms with Crippen LogP contribution >= 0.6 is 0 Å². The summed E-state index contributed by atoms with van der Waals surface area (Å²) in [5, 5.41) is 14.3. The quantitative estimate of drug-likeness (QED) is 0.500. The molecule has 0 spiro atoms. The summed E-state index contributed by atoms with van der Waals surface area (Å²) in [4.78, 5) is 26.6.